The highest BCUT2D eigenvalue weighted by Crippen LogP contribution is 2.15. The topological polar surface area (TPSA) is 86.4 Å². The van der Waals surface area contributed by atoms with Crippen LogP contribution in [0.1, 0.15) is 10.4 Å². The summed E-state index contributed by atoms with van der Waals surface area (Å²) in [5.41, 5.74) is 0.561. The van der Waals surface area contributed by atoms with Gasteiger partial charge in [0.1, 0.15) is 6.73 Å². The second kappa shape index (κ2) is 7.14. The third-order valence-corrected chi connectivity index (χ3v) is 5.39. The van der Waals surface area contributed by atoms with Crippen molar-refractivity contribution in [2.24, 2.45) is 7.05 Å². The van der Waals surface area contributed by atoms with Crippen molar-refractivity contribution in [2.75, 3.05) is 6.61 Å². The molecule has 0 aliphatic rings. The van der Waals surface area contributed by atoms with Gasteiger partial charge in [0.05, 0.1) is 16.8 Å². The number of nitrogens with zero attached hydrogens (tertiary/aromatic N) is 3. The molecule has 2 aromatic heterocycles. The monoisotopic (exact) mass is 349 g/mol. The molecule has 0 unspecified atom stereocenters. The van der Waals surface area contributed by atoms with Crippen molar-refractivity contribution in [3.63, 3.8) is 0 Å². The lowest BCUT2D eigenvalue weighted by atomic mass is 10.1. The second-order valence-corrected chi connectivity index (χ2v) is 12.5. The number of carboxylic acids is 1. The summed E-state index contributed by atoms with van der Waals surface area (Å²) in [5, 5.41) is 9.06. The first-order valence-electron chi connectivity index (χ1n) is 7.73. The highest BCUT2D eigenvalue weighted by molar-refractivity contribution is 6.76. The maximum Gasteiger partial charge on any atom is 0.335 e. The van der Waals surface area contributed by atoms with Gasteiger partial charge in [0, 0.05) is 34.1 Å². The molecule has 0 atom stereocenters. The number of ether oxygens (including phenoxy) is 1. The Balaban J connectivity index is 2.18. The van der Waals surface area contributed by atoms with Gasteiger partial charge in [-0.25, -0.2) is 4.79 Å². The molecule has 0 bridgehead atoms. The van der Waals surface area contributed by atoms with Gasteiger partial charge in [-0.2, -0.15) is 0 Å². The third-order valence-electron chi connectivity index (χ3n) is 3.69. The standard InChI is InChI=1S/C16H23N3O4Si/c1-18-15(20)13(14-9-12(16(21)22)5-6-17-14)10-19(18)11-23-7-8-24(2,3)4/h5-6,9-10H,7-8,11H2,1-4H3,(H,21,22). The molecule has 0 amide bonds. The Morgan fingerprint density at radius 3 is 2.71 bits per heavy atom. The molecule has 130 valence electrons. The Morgan fingerprint density at radius 1 is 1.38 bits per heavy atom. The van der Waals surface area contributed by atoms with Crippen LogP contribution in [0.5, 0.6) is 0 Å². The first-order valence-corrected chi connectivity index (χ1v) is 11.4. The maximum atomic E-state index is 12.4. The van der Waals surface area contributed by atoms with E-state index in [-0.39, 0.29) is 17.9 Å². The molecule has 0 saturated carbocycles. The summed E-state index contributed by atoms with van der Waals surface area (Å²) in [4.78, 5) is 27.5. The van der Waals surface area contributed by atoms with Crippen LogP contribution in [0.2, 0.25) is 25.7 Å². The second-order valence-electron chi connectivity index (χ2n) is 6.89. The van der Waals surface area contributed by atoms with Crippen LogP contribution in [-0.2, 0) is 18.5 Å². The van der Waals surface area contributed by atoms with Crippen LogP contribution in [0, 0.1) is 0 Å². The molecular weight excluding hydrogens is 326 g/mol. The third kappa shape index (κ3) is 4.42. The molecular formula is C16H23N3O4Si. The molecule has 8 heteroatoms. The van der Waals surface area contributed by atoms with E-state index in [4.69, 9.17) is 9.84 Å². The van der Waals surface area contributed by atoms with Gasteiger partial charge in [-0.05, 0) is 18.2 Å². The van der Waals surface area contributed by atoms with Crippen LogP contribution in [0.3, 0.4) is 0 Å². The number of pyridine rings is 1. The normalized spacial score (nSPS) is 11.7. The lowest BCUT2D eigenvalue weighted by Gasteiger charge is -2.16. The zero-order chi connectivity index (χ0) is 17.9. The number of rotatable bonds is 7. The lowest BCUT2D eigenvalue weighted by molar-refractivity contribution is 0.0695. The molecule has 2 rings (SSSR count). The van der Waals surface area contributed by atoms with E-state index in [0.717, 1.165) is 6.04 Å². The molecule has 0 saturated heterocycles. The molecule has 0 radical (unpaired) electrons. The van der Waals surface area contributed by atoms with Crippen LogP contribution in [0.25, 0.3) is 11.3 Å². The van der Waals surface area contributed by atoms with E-state index in [1.807, 2.05) is 0 Å². The van der Waals surface area contributed by atoms with Crippen molar-refractivity contribution in [1.82, 2.24) is 14.3 Å². The Morgan fingerprint density at radius 2 is 2.08 bits per heavy atom. The SMILES string of the molecule is Cn1c(=O)c(-c2cc(C(=O)O)ccn2)cn1COCC[Si](C)(C)C. The van der Waals surface area contributed by atoms with Gasteiger partial charge in [0.25, 0.3) is 5.56 Å². The van der Waals surface area contributed by atoms with Gasteiger partial charge in [0.15, 0.2) is 0 Å². The number of hydrogen-bond acceptors (Lipinski definition) is 4. The summed E-state index contributed by atoms with van der Waals surface area (Å²) in [5.74, 6) is -1.05. The van der Waals surface area contributed by atoms with Crippen molar-refractivity contribution in [1.29, 1.82) is 0 Å². The van der Waals surface area contributed by atoms with Crippen molar-refractivity contribution >= 4 is 14.0 Å². The maximum absolute atomic E-state index is 12.4. The van der Waals surface area contributed by atoms with Gasteiger partial charge in [-0.1, -0.05) is 19.6 Å². The molecule has 0 fully saturated rings. The Bertz CT molecular complexity index is 789. The van der Waals surface area contributed by atoms with E-state index >= 15 is 0 Å². The van der Waals surface area contributed by atoms with E-state index in [9.17, 15) is 9.59 Å². The largest absolute Gasteiger partial charge is 0.478 e. The van der Waals surface area contributed by atoms with Crippen LogP contribution in [0.4, 0.5) is 0 Å². The van der Waals surface area contributed by atoms with Crippen LogP contribution >= 0.6 is 0 Å². The minimum absolute atomic E-state index is 0.0983. The Hall–Kier alpha value is -2.19. The molecule has 1 N–H and O–H groups in total. The summed E-state index contributed by atoms with van der Waals surface area (Å²) in [7, 11) is 0.495. The lowest BCUT2D eigenvalue weighted by Crippen LogP contribution is -2.24. The fraction of sp³-hybridized carbons (Fsp3) is 0.438. The molecule has 7 nitrogen and oxygen atoms in total. The Kier molecular flexibility index (Phi) is 5.40. The van der Waals surface area contributed by atoms with E-state index in [1.165, 1.54) is 23.0 Å². The highest BCUT2D eigenvalue weighted by Gasteiger charge is 2.15. The van der Waals surface area contributed by atoms with Crippen LogP contribution in [0.15, 0.2) is 29.3 Å². The van der Waals surface area contributed by atoms with Crippen molar-refractivity contribution in [3.05, 3.63) is 40.4 Å². The average molecular weight is 349 g/mol. The molecule has 24 heavy (non-hydrogen) atoms. The van der Waals surface area contributed by atoms with Crippen molar-refractivity contribution in [3.8, 4) is 11.3 Å². The Labute approximate surface area is 141 Å². The number of carbonyl (C=O) groups is 1. The summed E-state index contributed by atoms with van der Waals surface area (Å²) in [6.07, 6.45) is 3.03. The molecule has 2 heterocycles. The highest BCUT2D eigenvalue weighted by atomic mass is 28.3. The smallest absolute Gasteiger partial charge is 0.335 e. The fourth-order valence-electron chi connectivity index (χ4n) is 2.13. The molecule has 0 aliphatic carbocycles. The number of aromatic carboxylic acids is 1. The van der Waals surface area contributed by atoms with E-state index in [2.05, 4.69) is 24.6 Å². The summed E-state index contributed by atoms with van der Waals surface area (Å²) in [6, 6.07) is 3.85. The minimum Gasteiger partial charge on any atom is -0.478 e. The average Bonchev–Trinajstić information content (AvgIpc) is 2.79. The molecule has 0 spiro atoms. The zero-order valence-electron chi connectivity index (χ0n) is 14.4. The van der Waals surface area contributed by atoms with E-state index < -0.39 is 14.0 Å². The van der Waals surface area contributed by atoms with Gasteiger partial charge in [0.2, 0.25) is 0 Å². The van der Waals surface area contributed by atoms with Gasteiger partial charge < -0.3 is 9.84 Å². The van der Waals surface area contributed by atoms with E-state index in [1.54, 1.807) is 17.9 Å². The quantitative estimate of drug-likeness (QED) is 0.612. The van der Waals surface area contributed by atoms with Gasteiger partial charge in [-0.15, -0.1) is 0 Å². The van der Waals surface area contributed by atoms with Crippen molar-refractivity contribution < 1.29 is 14.6 Å². The van der Waals surface area contributed by atoms with Gasteiger partial charge in [-0.3, -0.25) is 19.1 Å². The van der Waals surface area contributed by atoms with Crippen LogP contribution < -0.4 is 5.56 Å². The summed E-state index contributed by atoms with van der Waals surface area (Å²) >= 11 is 0. The summed E-state index contributed by atoms with van der Waals surface area (Å²) < 4.78 is 8.77. The molecule has 2 aromatic rings. The first kappa shape index (κ1) is 18.1. The predicted octanol–water partition coefficient (Wildman–Crippen LogP) is 2.26. The number of aromatic nitrogens is 3. The van der Waals surface area contributed by atoms with Crippen molar-refractivity contribution in [2.45, 2.75) is 32.4 Å². The predicted molar refractivity (Wildman–Crippen MR) is 94.0 cm³/mol. The number of carboxylic acid groups (broad SMARTS) is 1. The molecule has 0 aromatic carbocycles. The minimum atomic E-state index is -1.15. The van der Waals surface area contributed by atoms with Crippen LogP contribution in [-0.4, -0.2) is 40.1 Å². The zero-order valence-corrected chi connectivity index (χ0v) is 15.4. The first-order chi connectivity index (χ1) is 11.2. The fourth-order valence-corrected chi connectivity index (χ4v) is 2.89. The van der Waals surface area contributed by atoms with E-state index in [0.29, 0.717) is 17.9 Å². The number of hydrogen-bond donors (Lipinski definition) is 1. The van der Waals surface area contributed by atoms with Gasteiger partial charge >= 0.3 is 5.97 Å². The summed E-state index contributed by atoms with van der Waals surface area (Å²) in [6.45, 7) is 7.77. The molecule has 0 aliphatic heterocycles.